The van der Waals surface area contributed by atoms with Crippen molar-refractivity contribution < 1.29 is 19.1 Å². The molecule has 0 aliphatic heterocycles. The third kappa shape index (κ3) is 6.38. The SMILES string of the molecule is CCOC(=O)C(C/C=C(/C)CCC=C(C)C)(C(=O)OCC)c1ccccc1. The molecule has 0 N–H and O–H groups in total. The second kappa shape index (κ2) is 11.4. The fraction of sp³-hybridized carbons (Fsp3) is 0.478. The molecule has 1 rings (SSSR count). The van der Waals surface area contributed by atoms with Crippen molar-refractivity contribution in [2.24, 2.45) is 0 Å². The molecule has 0 heterocycles. The summed E-state index contributed by atoms with van der Waals surface area (Å²) in [6.07, 6.45) is 6.16. The number of carbonyl (C=O) groups is 2. The Morgan fingerprint density at radius 1 is 0.926 bits per heavy atom. The van der Waals surface area contributed by atoms with Gasteiger partial charge in [0.25, 0.3) is 0 Å². The number of carbonyl (C=O) groups excluding carboxylic acids is 2. The second-order valence-corrected chi connectivity index (χ2v) is 6.79. The van der Waals surface area contributed by atoms with Crippen LogP contribution in [0.4, 0.5) is 0 Å². The highest BCUT2D eigenvalue weighted by Crippen LogP contribution is 2.33. The van der Waals surface area contributed by atoms with Gasteiger partial charge in [-0.3, -0.25) is 9.59 Å². The van der Waals surface area contributed by atoms with Crippen molar-refractivity contribution in [1.82, 2.24) is 0 Å². The van der Waals surface area contributed by atoms with Gasteiger partial charge < -0.3 is 9.47 Å². The molecule has 0 aliphatic rings. The standard InChI is InChI=1S/C23H32O4/c1-6-26-21(24)23(22(25)27-7-2,20-14-9-8-10-15-20)17-16-19(5)13-11-12-18(3)4/h8-10,12,14-16H,6-7,11,13,17H2,1-5H3/b19-16-. The quantitative estimate of drug-likeness (QED) is 0.324. The van der Waals surface area contributed by atoms with E-state index in [1.165, 1.54) is 5.57 Å². The smallest absolute Gasteiger partial charge is 0.328 e. The normalized spacial score (nSPS) is 11.7. The Morgan fingerprint density at radius 2 is 1.48 bits per heavy atom. The van der Waals surface area contributed by atoms with Crippen LogP contribution in [0.15, 0.2) is 53.6 Å². The lowest BCUT2D eigenvalue weighted by atomic mass is 9.76. The van der Waals surface area contributed by atoms with Gasteiger partial charge in [-0.05, 0) is 59.4 Å². The van der Waals surface area contributed by atoms with Gasteiger partial charge >= 0.3 is 11.9 Å². The summed E-state index contributed by atoms with van der Waals surface area (Å²) in [6, 6.07) is 9.04. The predicted molar refractivity (Wildman–Crippen MR) is 108 cm³/mol. The molecule has 0 aliphatic carbocycles. The van der Waals surface area contributed by atoms with E-state index in [1.807, 2.05) is 31.2 Å². The van der Waals surface area contributed by atoms with Crippen LogP contribution in [0, 0.1) is 0 Å². The number of allylic oxidation sites excluding steroid dienone is 4. The molecule has 0 radical (unpaired) electrons. The molecule has 148 valence electrons. The molecule has 1 aromatic carbocycles. The minimum atomic E-state index is -1.48. The number of esters is 2. The first-order chi connectivity index (χ1) is 12.9. The van der Waals surface area contributed by atoms with Crippen LogP contribution in [0.1, 0.15) is 59.4 Å². The summed E-state index contributed by atoms with van der Waals surface area (Å²) in [5.41, 5.74) is 1.52. The average Bonchev–Trinajstić information content (AvgIpc) is 2.63. The minimum absolute atomic E-state index is 0.204. The third-order valence-electron chi connectivity index (χ3n) is 4.36. The topological polar surface area (TPSA) is 52.6 Å². The first-order valence-electron chi connectivity index (χ1n) is 9.57. The van der Waals surface area contributed by atoms with Gasteiger partial charge in [-0.15, -0.1) is 0 Å². The highest BCUT2D eigenvalue weighted by atomic mass is 16.6. The summed E-state index contributed by atoms with van der Waals surface area (Å²) in [7, 11) is 0. The molecule has 0 spiro atoms. The van der Waals surface area contributed by atoms with Crippen LogP contribution in [-0.4, -0.2) is 25.2 Å². The van der Waals surface area contributed by atoms with Crippen molar-refractivity contribution in [1.29, 1.82) is 0 Å². The maximum Gasteiger partial charge on any atom is 0.328 e. The highest BCUT2D eigenvalue weighted by Gasteiger charge is 2.49. The van der Waals surface area contributed by atoms with Crippen molar-refractivity contribution in [3.63, 3.8) is 0 Å². The van der Waals surface area contributed by atoms with E-state index in [0.717, 1.165) is 18.4 Å². The Morgan fingerprint density at radius 3 is 1.96 bits per heavy atom. The lowest BCUT2D eigenvalue weighted by Gasteiger charge is -2.29. The molecular formula is C23H32O4. The first kappa shape index (κ1) is 22.7. The van der Waals surface area contributed by atoms with Crippen LogP contribution < -0.4 is 0 Å². The van der Waals surface area contributed by atoms with Crippen LogP contribution in [0.2, 0.25) is 0 Å². The Bertz CT molecular complexity index is 649. The molecule has 0 aromatic heterocycles. The van der Waals surface area contributed by atoms with Crippen molar-refractivity contribution >= 4 is 11.9 Å². The van der Waals surface area contributed by atoms with E-state index < -0.39 is 17.4 Å². The van der Waals surface area contributed by atoms with Gasteiger partial charge in [-0.25, -0.2) is 0 Å². The van der Waals surface area contributed by atoms with Crippen molar-refractivity contribution in [3.05, 3.63) is 59.2 Å². The molecule has 0 atom stereocenters. The van der Waals surface area contributed by atoms with Crippen LogP contribution in [-0.2, 0) is 24.5 Å². The molecule has 0 amide bonds. The highest BCUT2D eigenvalue weighted by molar-refractivity contribution is 6.06. The van der Waals surface area contributed by atoms with Gasteiger partial charge in [0.1, 0.15) is 0 Å². The average molecular weight is 373 g/mol. The van der Waals surface area contributed by atoms with E-state index in [4.69, 9.17) is 9.47 Å². The molecule has 0 saturated heterocycles. The maximum absolute atomic E-state index is 12.9. The number of hydrogen-bond donors (Lipinski definition) is 0. The van der Waals surface area contributed by atoms with Gasteiger partial charge in [0.15, 0.2) is 5.41 Å². The van der Waals surface area contributed by atoms with Crippen LogP contribution in [0.5, 0.6) is 0 Å². The van der Waals surface area contributed by atoms with Crippen LogP contribution in [0.25, 0.3) is 0 Å². The summed E-state index contributed by atoms with van der Waals surface area (Å²) in [4.78, 5) is 25.9. The molecule has 4 heteroatoms. The molecule has 0 bridgehead atoms. The molecule has 0 unspecified atom stereocenters. The van der Waals surface area contributed by atoms with E-state index in [1.54, 1.807) is 26.0 Å². The Kier molecular flexibility index (Phi) is 9.55. The maximum atomic E-state index is 12.9. The zero-order valence-electron chi connectivity index (χ0n) is 17.2. The second-order valence-electron chi connectivity index (χ2n) is 6.79. The molecule has 27 heavy (non-hydrogen) atoms. The molecule has 0 fully saturated rings. The van der Waals surface area contributed by atoms with E-state index in [-0.39, 0.29) is 19.6 Å². The number of benzene rings is 1. The van der Waals surface area contributed by atoms with E-state index in [0.29, 0.717) is 5.56 Å². The van der Waals surface area contributed by atoms with Crippen molar-refractivity contribution in [3.8, 4) is 0 Å². The number of hydrogen-bond acceptors (Lipinski definition) is 4. The number of rotatable bonds is 10. The third-order valence-corrected chi connectivity index (χ3v) is 4.36. The zero-order valence-corrected chi connectivity index (χ0v) is 17.2. The summed E-state index contributed by atoms with van der Waals surface area (Å²) in [5, 5.41) is 0. The Hall–Kier alpha value is -2.36. The first-order valence-corrected chi connectivity index (χ1v) is 9.57. The predicted octanol–water partition coefficient (Wildman–Crippen LogP) is 5.13. The fourth-order valence-electron chi connectivity index (χ4n) is 2.85. The van der Waals surface area contributed by atoms with E-state index in [9.17, 15) is 9.59 Å². The van der Waals surface area contributed by atoms with E-state index in [2.05, 4.69) is 19.9 Å². The lowest BCUT2D eigenvalue weighted by Crippen LogP contribution is -2.46. The summed E-state index contributed by atoms with van der Waals surface area (Å²) in [5.74, 6) is -1.13. The molecule has 4 nitrogen and oxygen atoms in total. The Balaban J connectivity index is 3.28. The lowest BCUT2D eigenvalue weighted by molar-refractivity contribution is -0.164. The Labute approximate surface area is 163 Å². The summed E-state index contributed by atoms with van der Waals surface area (Å²) < 4.78 is 10.6. The fourth-order valence-corrected chi connectivity index (χ4v) is 2.85. The van der Waals surface area contributed by atoms with Gasteiger partial charge in [0.2, 0.25) is 0 Å². The molecular weight excluding hydrogens is 340 g/mol. The monoisotopic (exact) mass is 372 g/mol. The van der Waals surface area contributed by atoms with Crippen LogP contribution in [0.3, 0.4) is 0 Å². The van der Waals surface area contributed by atoms with Crippen molar-refractivity contribution in [2.75, 3.05) is 13.2 Å². The molecule has 0 saturated carbocycles. The zero-order chi connectivity index (χ0) is 20.3. The molecule has 1 aromatic rings. The van der Waals surface area contributed by atoms with Crippen molar-refractivity contribution in [2.45, 2.75) is 59.3 Å². The minimum Gasteiger partial charge on any atom is -0.465 e. The summed E-state index contributed by atoms with van der Waals surface area (Å²) >= 11 is 0. The van der Waals surface area contributed by atoms with Gasteiger partial charge in [0.05, 0.1) is 13.2 Å². The van der Waals surface area contributed by atoms with E-state index >= 15 is 0 Å². The van der Waals surface area contributed by atoms with Gasteiger partial charge in [0, 0.05) is 0 Å². The van der Waals surface area contributed by atoms with Gasteiger partial charge in [-0.1, -0.05) is 53.6 Å². The van der Waals surface area contributed by atoms with Crippen LogP contribution >= 0.6 is 0 Å². The van der Waals surface area contributed by atoms with Gasteiger partial charge in [-0.2, -0.15) is 0 Å². The summed E-state index contributed by atoms with van der Waals surface area (Å²) in [6.45, 7) is 10.0. The number of ether oxygens (including phenoxy) is 2. The largest absolute Gasteiger partial charge is 0.465 e.